The standard InChI is InChI=1S/C15H23N3O4S/c1-5-22-12(20)8-10-9-23-14(17-10)18-11(19)6-7-16-13(21)15(2,3)4/h9H,5-8H2,1-4H3,(H,16,21)(H,17,18,19). The number of nitrogens with zero attached hydrogens (tertiary/aromatic N) is 1. The van der Waals surface area contributed by atoms with Gasteiger partial charge in [-0.3, -0.25) is 14.4 Å². The highest BCUT2D eigenvalue weighted by Crippen LogP contribution is 2.16. The number of aromatic nitrogens is 1. The lowest BCUT2D eigenvalue weighted by atomic mass is 9.96. The van der Waals surface area contributed by atoms with Crippen molar-refractivity contribution < 1.29 is 19.1 Å². The topological polar surface area (TPSA) is 97.4 Å². The Balaban J connectivity index is 2.36. The summed E-state index contributed by atoms with van der Waals surface area (Å²) in [5.41, 5.74) is 0.0816. The molecule has 2 amide bonds. The maximum absolute atomic E-state index is 11.8. The molecule has 23 heavy (non-hydrogen) atoms. The highest BCUT2D eigenvalue weighted by Gasteiger charge is 2.20. The van der Waals surface area contributed by atoms with Crippen molar-refractivity contribution in [1.29, 1.82) is 0 Å². The zero-order valence-corrected chi connectivity index (χ0v) is 14.7. The summed E-state index contributed by atoms with van der Waals surface area (Å²) in [6.07, 6.45) is 0.246. The normalized spacial score (nSPS) is 11.0. The number of thiazole rings is 1. The van der Waals surface area contributed by atoms with Gasteiger partial charge in [-0.25, -0.2) is 4.98 Å². The Morgan fingerprint density at radius 1 is 1.30 bits per heavy atom. The average molecular weight is 341 g/mol. The van der Waals surface area contributed by atoms with Crippen LogP contribution in [-0.2, 0) is 25.5 Å². The summed E-state index contributed by atoms with van der Waals surface area (Å²) in [7, 11) is 0. The molecule has 0 spiro atoms. The average Bonchev–Trinajstić information content (AvgIpc) is 2.84. The van der Waals surface area contributed by atoms with E-state index >= 15 is 0 Å². The van der Waals surface area contributed by atoms with Crippen LogP contribution in [0.15, 0.2) is 5.38 Å². The molecule has 0 aromatic carbocycles. The first-order valence-corrected chi connectivity index (χ1v) is 8.28. The van der Waals surface area contributed by atoms with E-state index in [0.29, 0.717) is 17.4 Å². The smallest absolute Gasteiger partial charge is 0.311 e. The van der Waals surface area contributed by atoms with Crippen molar-refractivity contribution in [2.45, 2.75) is 40.5 Å². The molecular formula is C15H23N3O4S. The lowest BCUT2D eigenvalue weighted by Gasteiger charge is -2.17. The first-order valence-electron chi connectivity index (χ1n) is 7.40. The Hall–Kier alpha value is -1.96. The van der Waals surface area contributed by atoms with Gasteiger partial charge in [-0.15, -0.1) is 11.3 Å². The predicted octanol–water partition coefficient (Wildman–Crippen LogP) is 1.74. The minimum absolute atomic E-state index is 0.0852. The first-order chi connectivity index (χ1) is 10.7. The number of hydrogen-bond donors (Lipinski definition) is 2. The maximum Gasteiger partial charge on any atom is 0.311 e. The quantitative estimate of drug-likeness (QED) is 0.736. The number of esters is 1. The van der Waals surface area contributed by atoms with E-state index in [1.807, 2.05) is 20.8 Å². The van der Waals surface area contributed by atoms with Gasteiger partial charge in [-0.2, -0.15) is 0 Å². The molecule has 2 N–H and O–H groups in total. The SMILES string of the molecule is CCOC(=O)Cc1csc(NC(=O)CCNC(=O)C(C)(C)C)n1. The molecule has 0 aliphatic rings. The number of carbonyl (C=O) groups is 3. The Labute approximate surface area is 139 Å². The number of ether oxygens (including phenoxy) is 1. The number of amides is 2. The molecule has 0 atom stereocenters. The summed E-state index contributed by atoms with van der Waals surface area (Å²) < 4.78 is 4.84. The van der Waals surface area contributed by atoms with E-state index in [2.05, 4.69) is 15.6 Å². The Bertz CT molecular complexity index is 563. The molecule has 0 fully saturated rings. The van der Waals surface area contributed by atoms with Crippen LogP contribution in [0.1, 0.15) is 39.8 Å². The summed E-state index contributed by atoms with van der Waals surface area (Å²) >= 11 is 1.24. The molecule has 7 nitrogen and oxygen atoms in total. The number of hydrogen-bond acceptors (Lipinski definition) is 6. The van der Waals surface area contributed by atoms with Crippen LogP contribution in [0.5, 0.6) is 0 Å². The van der Waals surface area contributed by atoms with E-state index in [1.165, 1.54) is 11.3 Å². The molecule has 8 heteroatoms. The van der Waals surface area contributed by atoms with Gasteiger partial charge in [0.15, 0.2) is 5.13 Å². The monoisotopic (exact) mass is 341 g/mol. The molecule has 0 unspecified atom stereocenters. The minimum atomic E-state index is -0.478. The van der Waals surface area contributed by atoms with E-state index in [0.717, 1.165) is 0 Å². The fourth-order valence-corrected chi connectivity index (χ4v) is 2.27. The van der Waals surface area contributed by atoms with Crippen molar-refractivity contribution in [3.63, 3.8) is 0 Å². The van der Waals surface area contributed by atoms with Crippen LogP contribution in [0.3, 0.4) is 0 Å². The van der Waals surface area contributed by atoms with Crippen LogP contribution >= 0.6 is 11.3 Å². The number of rotatable bonds is 7. The van der Waals surface area contributed by atoms with Gasteiger partial charge in [0, 0.05) is 23.8 Å². The minimum Gasteiger partial charge on any atom is -0.466 e. The number of nitrogens with one attached hydrogen (secondary N) is 2. The van der Waals surface area contributed by atoms with Gasteiger partial charge in [0.05, 0.1) is 18.7 Å². The molecule has 0 radical (unpaired) electrons. The van der Waals surface area contributed by atoms with Crippen molar-refractivity contribution in [3.8, 4) is 0 Å². The summed E-state index contributed by atoms with van der Waals surface area (Å²) in [6, 6.07) is 0. The fraction of sp³-hybridized carbons (Fsp3) is 0.600. The lowest BCUT2D eigenvalue weighted by molar-refractivity contribution is -0.142. The van der Waals surface area contributed by atoms with Crippen LogP contribution in [0.25, 0.3) is 0 Å². The predicted molar refractivity (Wildman–Crippen MR) is 88.2 cm³/mol. The fourth-order valence-electron chi connectivity index (χ4n) is 1.54. The van der Waals surface area contributed by atoms with Crippen molar-refractivity contribution in [3.05, 3.63) is 11.1 Å². The van der Waals surface area contributed by atoms with E-state index in [9.17, 15) is 14.4 Å². The van der Waals surface area contributed by atoms with E-state index in [4.69, 9.17) is 4.74 Å². The summed E-state index contributed by atoms with van der Waals surface area (Å²) in [6.45, 7) is 7.76. The van der Waals surface area contributed by atoms with Crippen LogP contribution in [0, 0.1) is 5.41 Å². The van der Waals surface area contributed by atoms with Gasteiger partial charge >= 0.3 is 5.97 Å². The molecule has 0 aliphatic carbocycles. The van der Waals surface area contributed by atoms with E-state index in [1.54, 1.807) is 12.3 Å². The first kappa shape index (κ1) is 19.1. The maximum atomic E-state index is 11.8. The second-order valence-electron chi connectivity index (χ2n) is 5.93. The Morgan fingerprint density at radius 2 is 2.00 bits per heavy atom. The molecule has 1 rings (SSSR count). The van der Waals surface area contributed by atoms with Crippen molar-refractivity contribution in [2.24, 2.45) is 5.41 Å². The number of carbonyl (C=O) groups excluding carboxylic acids is 3. The van der Waals surface area contributed by atoms with Gasteiger partial charge in [-0.05, 0) is 6.92 Å². The van der Waals surface area contributed by atoms with Crippen molar-refractivity contribution in [1.82, 2.24) is 10.3 Å². The summed E-state index contributed by atoms with van der Waals surface area (Å²) in [5.74, 6) is -0.687. The van der Waals surface area contributed by atoms with Crippen LogP contribution in [0.2, 0.25) is 0 Å². The van der Waals surface area contributed by atoms with Crippen molar-refractivity contribution in [2.75, 3.05) is 18.5 Å². The van der Waals surface area contributed by atoms with Crippen LogP contribution in [0.4, 0.5) is 5.13 Å². The van der Waals surface area contributed by atoms with Gasteiger partial charge in [-0.1, -0.05) is 20.8 Å². The zero-order chi connectivity index (χ0) is 17.5. The van der Waals surface area contributed by atoms with E-state index in [-0.39, 0.29) is 37.2 Å². The lowest BCUT2D eigenvalue weighted by Crippen LogP contribution is -2.36. The third kappa shape index (κ3) is 7.23. The zero-order valence-electron chi connectivity index (χ0n) is 13.9. The Morgan fingerprint density at radius 3 is 2.61 bits per heavy atom. The second-order valence-corrected chi connectivity index (χ2v) is 6.79. The molecule has 0 bridgehead atoms. The highest BCUT2D eigenvalue weighted by molar-refractivity contribution is 7.13. The highest BCUT2D eigenvalue weighted by atomic mass is 32.1. The summed E-state index contributed by atoms with van der Waals surface area (Å²) in [5, 5.41) is 7.48. The summed E-state index contributed by atoms with van der Waals surface area (Å²) in [4.78, 5) is 39.0. The third-order valence-corrected chi connectivity index (χ3v) is 3.55. The molecule has 1 aromatic rings. The van der Waals surface area contributed by atoms with Crippen LogP contribution in [-0.4, -0.2) is 35.9 Å². The third-order valence-electron chi connectivity index (χ3n) is 2.75. The molecular weight excluding hydrogens is 318 g/mol. The molecule has 0 aliphatic heterocycles. The molecule has 0 saturated carbocycles. The van der Waals surface area contributed by atoms with Crippen LogP contribution < -0.4 is 10.6 Å². The molecule has 0 saturated heterocycles. The number of anilines is 1. The van der Waals surface area contributed by atoms with Gasteiger partial charge in [0.1, 0.15) is 0 Å². The second kappa shape index (κ2) is 8.61. The molecule has 128 valence electrons. The van der Waals surface area contributed by atoms with Gasteiger partial charge < -0.3 is 15.4 Å². The molecule has 1 heterocycles. The molecule has 1 aromatic heterocycles. The largest absolute Gasteiger partial charge is 0.466 e. The van der Waals surface area contributed by atoms with E-state index < -0.39 is 5.41 Å². The van der Waals surface area contributed by atoms with Crippen molar-refractivity contribution >= 4 is 34.3 Å². The van der Waals surface area contributed by atoms with Gasteiger partial charge in [0.2, 0.25) is 11.8 Å². The Kier molecular flexibility index (Phi) is 7.15. The van der Waals surface area contributed by atoms with Gasteiger partial charge in [0.25, 0.3) is 0 Å².